The third kappa shape index (κ3) is 5.25. The van der Waals surface area contributed by atoms with Crippen molar-refractivity contribution in [2.45, 2.75) is 59.5 Å². The summed E-state index contributed by atoms with van der Waals surface area (Å²) in [6.45, 7) is 11.3. The molecule has 1 unspecified atom stereocenters. The first kappa shape index (κ1) is 11.0. The fourth-order valence-electron chi connectivity index (χ4n) is 1.40. The second-order valence-corrected chi connectivity index (χ2v) is 3.88. The minimum Gasteiger partial charge on any atom is -0.312 e. The van der Waals surface area contributed by atoms with Crippen LogP contribution in [0, 0.1) is 5.92 Å². The Kier molecular flexibility index (Phi) is 5.57. The molecular weight excluding hydrogens is 134 g/mol. The van der Waals surface area contributed by atoms with E-state index in [0.717, 1.165) is 5.92 Å². The van der Waals surface area contributed by atoms with Crippen molar-refractivity contribution in [1.82, 2.24) is 5.32 Å². The van der Waals surface area contributed by atoms with E-state index in [2.05, 4.69) is 39.9 Å². The van der Waals surface area contributed by atoms with Gasteiger partial charge >= 0.3 is 0 Å². The number of nitrogens with one attached hydrogen (secondary N) is 1. The van der Waals surface area contributed by atoms with Gasteiger partial charge < -0.3 is 5.32 Å². The molecule has 0 bridgehead atoms. The van der Waals surface area contributed by atoms with E-state index in [1.54, 1.807) is 0 Å². The molecule has 0 aliphatic carbocycles. The molecule has 68 valence electrons. The van der Waals surface area contributed by atoms with Crippen LogP contribution in [0.4, 0.5) is 0 Å². The summed E-state index contributed by atoms with van der Waals surface area (Å²) in [7, 11) is 0. The molecule has 11 heavy (non-hydrogen) atoms. The van der Waals surface area contributed by atoms with E-state index in [4.69, 9.17) is 0 Å². The third-order valence-electron chi connectivity index (χ3n) is 2.19. The predicted octanol–water partition coefficient (Wildman–Crippen LogP) is 2.81. The lowest BCUT2D eigenvalue weighted by atomic mass is 9.98. The monoisotopic (exact) mass is 157 g/mol. The maximum Gasteiger partial charge on any atom is 0.00667 e. The van der Waals surface area contributed by atoms with Gasteiger partial charge in [0, 0.05) is 12.1 Å². The van der Waals surface area contributed by atoms with Gasteiger partial charge in [-0.2, -0.15) is 0 Å². The van der Waals surface area contributed by atoms with E-state index < -0.39 is 0 Å². The van der Waals surface area contributed by atoms with Crippen molar-refractivity contribution in [3.63, 3.8) is 0 Å². The number of hydrogen-bond donors (Lipinski definition) is 1. The second-order valence-electron chi connectivity index (χ2n) is 3.88. The first-order valence-electron chi connectivity index (χ1n) is 4.84. The van der Waals surface area contributed by atoms with E-state index in [0.29, 0.717) is 12.1 Å². The van der Waals surface area contributed by atoms with E-state index >= 15 is 0 Å². The maximum absolute atomic E-state index is 3.53. The van der Waals surface area contributed by atoms with Crippen molar-refractivity contribution in [2.24, 2.45) is 5.92 Å². The van der Waals surface area contributed by atoms with Crippen LogP contribution in [0.1, 0.15) is 47.5 Å². The Balaban J connectivity index is 3.54. The van der Waals surface area contributed by atoms with Gasteiger partial charge in [-0.3, -0.25) is 0 Å². The van der Waals surface area contributed by atoms with Crippen molar-refractivity contribution in [3.8, 4) is 0 Å². The fourth-order valence-corrected chi connectivity index (χ4v) is 1.40. The molecule has 0 fully saturated rings. The summed E-state index contributed by atoms with van der Waals surface area (Å²) in [6.07, 6.45) is 2.63. The van der Waals surface area contributed by atoms with Gasteiger partial charge in [-0.25, -0.2) is 0 Å². The lowest BCUT2D eigenvalue weighted by Crippen LogP contribution is -2.36. The van der Waals surface area contributed by atoms with E-state index in [1.165, 1.54) is 12.8 Å². The average Bonchev–Trinajstić information content (AvgIpc) is 1.86. The van der Waals surface area contributed by atoms with Crippen LogP contribution in [-0.4, -0.2) is 12.1 Å². The molecule has 0 aliphatic heterocycles. The predicted molar refractivity (Wildman–Crippen MR) is 51.8 cm³/mol. The van der Waals surface area contributed by atoms with Crippen molar-refractivity contribution in [2.75, 3.05) is 0 Å². The zero-order chi connectivity index (χ0) is 8.85. The average molecular weight is 157 g/mol. The Labute approximate surface area is 71.6 Å². The Bertz CT molecular complexity index is 88.9. The van der Waals surface area contributed by atoms with Gasteiger partial charge in [0.05, 0.1) is 0 Å². The zero-order valence-electron chi connectivity index (χ0n) is 8.65. The highest BCUT2D eigenvalue weighted by atomic mass is 14.9. The number of rotatable bonds is 5. The standard InChI is InChI=1S/C10H23N/c1-6-7-9(4)10(5)11-8(2)3/h8-11H,6-7H2,1-5H3/t9?,10-/m0/s1. The molecular formula is C10H23N. The van der Waals surface area contributed by atoms with Gasteiger partial charge in [-0.15, -0.1) is 0 Å². The van der Waals surface area contributed by atoms with Crippen LogP contribution in [0.5, 0.6) is 0 Å². The van der Waals surface area contributed by atoms with Crippen LogP contribution >= 0.6 is 0 Å². The first-order chi connectivity index (χ1) is 5.07. The summed E-state index contributed by atoms with van der Waals surface area (Å²) >= 11 is 0. The normalized spacial score (nSPS) is 16.9. The summed E-state index contributed by atoms with van der Waals surface area (Å²) in [4.78, 5) is 0. The molecule has 2 atom stereocenters. The van der Waals surface area contributed by atoms with Crippen LogP contribution in [0.15, 0.2) is 0 Å². The maximum atomic E-state index is 3.53. The molecule has 1 heteroatoms. The van der Waals surface area contributed by atoms with Crippen molar-refractivity contribution >= 4 is 0 Å². The van der Waals surface area contributed by atoms with Crippen LogP contribution < -0.4 is 5.32 Å². The molecule has 0 heterocycles. The molecule has 1 N–H and O–H groups in total. The van der Waals surface area contributed by atoms with Gasteiger partial charge in [0.2, 0.25) is 0 Å². The highest BCUT2D eigenvalue weighted by Crippen LogP contribution is 2.10. The molecule has 0 spiro atoms. The van der Waals surface area contributed by atoms with Crippen LogP contribution in [0.25, 0.3) is 0 Å². The Morgan fingerprint density at radius 3 is 2.00 bits per heavy atom. The highest BCUT2D eigenvalue weighted by molar-refractivity contribution is 4.69. The van der Waals surface area contributed by atoms with Gasteiger partial charge in [-0.05, 0) is 19.3 Å². The minimum absolute atomic E-state index is 0.615. The zero-order valence-corrected chi connectivity index (χ0v) is 8.65. The smallest absolute Gasteiger partial charge is 0.00667 e. The first-order valence-corrected chi connectivity index (χ1v) is 4.84. The minimum atomic E-state index is 0.615. The van der Waals surface area contributed by atoms with Crippen molar-refractivity contribution < 1.29 is 0 Å². The second kappa shape index (κ2) is 5.59. The summed E-state index contributed by atoms with van der Waals surface area (Å²) in [5.74, 6) is 0.808. The van der Waals surface area contributed by atoms with E-state index in [9.17, 15) is 0 Å². The number of hydrogen-bond acceptors (Lipinski definition) is 1. The van der Waals surface area contributed by atoms with E-state index in [1.807, 2.05) is 0 Å². The summed E-state index contributed by atoms with van der Waals surface area (Å²) in [6, 6.07) is 1.28. The SMILES string of the molecule is CCCC(C)[C@H](C)NC(C)C. The third-order valence-corrected chi connectivity index (χ3v) is 2.19. The fraction of sp³-hybridized carbons (Fsp3) is 1.00. The van der Waals surface area contributed by atoms with Crippen molar-refractivity contribution in [3.05, 3.63) is 0 Å². The van der Waals surface area contributed by atoms with Crippen LogP contribution in [0.2, 0.25) is 0 Å². The molecule has 0 radical (unpaired) electrons. The molecule has 0 saturated carbocycles. The molecule has 0 aromatic rings. The highest BCUT2D eigenvalue weighted by Gasteiger charge is 2.10. The molecule has 0 amide bonds. The molecule has 0 aromatic carbocycles. The molecule has 0 aromatic heterocycles. The summed E-state index contributed by atoms with van der Waals surface area (Å²) in [5.41, 5.74) is 0. The van der Waals surface area contributed by atoms with Gasteiger partial charge in [0.1, 0.15) is 0 Å². The van der Waals surface area contributed by atoms with Gasteiger partial charge in [0.15, 0.2) is 0 Å². The van der Waals surface area contributed by atoms with Crippen LogP contribution in [0.3, 0.4) is 0 Å². The topological polar surface area (TPSA) is 12.0 Å². The molecule has 0 saturated heterocycles. The molecule has 0 aliphatic rings. The quantitative estimate of drug-likeness (QED) is 0.647. The van der Waals surface area contributed by atoms with Crippen LogP contribution in [-0.2, 0) is 0 Å². The molecule has 1 nitrogen and oxygen atoms in total. The van der Waals surface area contributed by atoms with E-state index in [-0.39, 0.29) is 0 Å². The van der Waals surface area contributed by atoms with Gasteiger partial charge in [-0.1, -0.05) is 34.1 Å². The van der Waals surface area contributed by atoms with Gasteiger partial charge in [0.25, 0.3) is 0 Å². The lowest BCUT2D eigenvalue weighted by molar-refractivity contribution is 0.354. The van der Waals surface area contributed by atoms with Crippen molar-refractivity contribution in [1.29, 1.82) is 0 Å². The Morgan fingerprint density at radius 1 is 1.09 bits per heavy atom. The summed E-state index contributed by atoms with van der Waals surface area (Å²) in [5, 5.41) is 3.53. The largest absolute Gasteiger partial charge is 0.312 e. The Morgan fingerprint density at radius 2 is 1.64 bits per heavy atom. The Hall–Kier alpha value is -0.0400. The summed E-state index contributed by atoms with van der Waals surface area (Å²) < 4.78 is 0. The lowest BCUT2D eigenvalue weighted by Gasteiger charge is -2.22. The molecule has 0 rings (SSSR count).